The maximum absolute atomic E-state index is 12.8. The zero-order valence-corrected chi connectivity index (χ0v) is 12.0. The minimum Gasteiger partial charge on any atom is -0.392 e. The van der Waals surface area contributed by atoms with Crippen LogP contribution in [0.25, 0.3) is 0 Å². The molecule has 2 N–H and O–H groups in total. The van der Waals surface area contributed by atoms with Crippen molar-refractivity contribution in [2.45, 2.75) is 12.8 Å². The molecule has 2 aromatic rings. The molecule has 0 atom stereocenters. The van der Waals surface area contributed by atoms with Crippen LogP contribution in [0.3, 0.4) is 0 Å². The number of hydrogen-bond acceptors (Lipinski definition) is 4. The highest BCUT2D eigenvalue weighted by Gasteiger charge is 2.33. The van der Waals surface area contributed by atoms with Gasteiger partial charge in [-0.1, -0.05) is 12.1 Å². The van der Waals surface area contributed by atoms with Crippen molar-refractivity contribution in [3.63, 3.8) is 0 Å². The molecule has 0 spiro atoms. The van der Waals surface area contributed by atoms with Crippen LogP contribution in [0, 0.1) is 10.1 Å². The van der Waals surface area contributed by atoms with Crippen molar-refractivity contribution in [2.75, 3.05) is 5.32 Å². The molecule has 0 fully saturated rings. The normalized spacial score (nSPS) is 11.2. The predicted molar refractivity (Wildman–Crippen MR) is 78.4 cm³/mol. The number of nitrogens with zero attached hydrogens (tertiary/aromatic N) is 1. The van der Waals surface area contributed by atoms with Crippen LogP contribution < -0.4 is 5.32 Å². The van der Waals surface area contributed by atoms with Crippen LogP contribution in [-0.4, -0.2) is 15.9 Å². The van der Waals surface area contributed by atoms with E-state index in [0.29, 0.717) is 17.7 Å². The van der Waals surface area contributed by atoms with Gasteiger partial charge in [0.2, 0.25) is 0 Å². The Morgan fingerprint density at radius 1 is 1.21 bits per heavy atom. The summed E-state index contributed by atoms with van der Waals surface area (Å²) in [5.74, 6) is -0.931. The zero-order chi connectivity index (χ0) is 17.9. The summed E-state index contributed by atoms with van der Waals surface area (Å²) < 4.78 is 38.5. The van der Waals surface area contributed by atoms with E-state index in [0.717, 1.165) is 6.07 Å². The van der Waals surface area contributed by atoms with Gasteiger partial charge in [0.05, 0.1) is 17.1 Å². The molecule has 2 aromatic carbocycles. The summed E-state index contributed by atoms with van der Waals surface area (Å²) in [5, 5.41) is 22.1. The Labute approximate surface area is 133 Å². The topological polar surface area (TPSA) is 92.5 Å². The van der Waals surface area contributed by atoms with E-state index in [1.807, 2.05) is 0 Å². The van der Waals surface area contributed by atoms with Crippen LogP contribution in [0.5, 0.6) is 0 Å². The molecule has 0 radical (unpaired) electrons. The number of benzene rings is 2. The molecule has 126 valence electrons. The number of alkyl halides is 3. The van der Waals surface area contributed by atoms with Crippen molar-refractivity contribution in [3.8, 4) is 0 Å². The molecule has 0 saturated heterocycles. The first-order chi connectivity index (χ1) is 11.2. The van der Waals surface area contributed by atoms with E-state index in [9.17, 15) is 28.1 Å². The third-order valence-corrected chi connectivity index (χ3v) is 3.09. The molecule has 0 aromatic heterocycles. The van der Waals surface area contributed by atoms with Gasteiger partial charge in [0.1, 0.15) is 0 Å². The van der Waals surface area contributed by atoms with Crippen molar-refractivity contribution in [1.29, 1.82) is 0 Å². The summed E-state index contributed by atoms with van der Waals surface area (Å²) in [7, 11) is 0. The lowest BCUT2D eigenvalue weighted by Gasteiger charge is -2.10. The second-order valence-electron chi connectivity index (χ2n) is 4.84. The number of aliphatic hydroxyl groups excluding tert-OH is 1. The van der Waals surface area contributed by atoms with Gasteiger partial charge in [0.15, 0.2) is 0 Å². The fourth-order valence-electron chi connectivity index (χ4n) is 1.96. The van der Waals surface area contributed by atoms with E-state index >= 15 is 0 Å². The van der Waals surface area contributed by atoms with Gasteiger partial charge in [-0.15, -0.1) is 0 Å². The number of anilines is 1. The van der Waals surface area contributed by atoms with Gasteiger partial charge in [-0.2, -0.15) is 13.2 Å². The molecular weight excluding hydrogens is 329 g/mol. The smallest absolute Gasteiger partial charge is 0.392 e. The average molecular weight is 340 g/mol. The SMILES string of the molecule is O=C(Nc1cccc(CO)c1)c1cc([N+](=O)[O-])cc(C(F)(F)F)c1. The molecular formula is C15H11F3N2O4. The van der Waals surface area contributed by atoms with Crippen molar-refractivity contribution in [2.24, 2.45) is 0 Å². The largest absolute Gasteiger partial charge is 0.416 e. The maximum Gasteiger partial charge on any atom is 0.416 e. The van der Waals surface area contributed by atoms with E-state index in [2.05, 4.69) is 5.32 Å². The Hall–Kier alpha value is -2.94. The highest BCUT2D eigenvalue weighted by molar-refractivity contribution is 6.04. The van der Waals surface area contributed by atoms with Crippen molar-refractivity contribution in [1.82, 2.24) is 0 Å². The number of carbonyl (C=O) groups excluding carboxylic acids is 1. The third kappa shape index (κ3) is 4.07. The first-order valence-corrected chi connectivity index (χ1v) is 6.58. The second kappa shape index (κ2) is 6.67. The monoisotopic (exact) mass is 340 g/mol. The van der Waals surface area contributed by atoms with Gasteiger partial charge in [-0.25, -0.2) is 0 Å². The standard InChI is InChI=1S/C15H11F3N2O4/c16-15(17,18)11-5-10(6-13(7-11)20(23)24)14(22)19-12-3-1-2-9(4-12)8-21/h1-7,21H,8H2,(H,19,22). The molecule has 0 unspecified atom stereocenters. The predicted octanol–water partition coefficient (Wildman–Crippen LogP) is 3.36. The number of rotatable bonds is 4. The summed E-state index contributed by atoms with van der Waals surface area (Å²) in [4.78, 5) is 21.9. The number of hydrogen-bond donors (Lipinski definition) is 2. The molecule has 2 rings (SSSR count). The minimum atomic E-state index is -4.82. The number of carbonyl (C=O) groups is 1. The first kappa shape index (κ1) is 17.4. The number of nitro benzene ring substituents is 1. The second-order valence-corrected chi connectivity index (χ2v) is 4.84. The zero-order valence-electron chi connectivity index (χ0n) is 12.0. The van der Waals surface area contributed by atoms with Gasteiger partial charge in [-0.3, -0.25) is 14.9 Å². The number of aliphatic hydroxyl groups is 1. The van der Waals surface area contributed by atoms with Gasteiger partial charge in [0, 0.05) is 23.4 Å². The van der Waals surface area contributed by atoms with Gasteiger partial charge in [-0.05, 0) is 23.8 Å². The van der Waals surface area contributed by atoms with Gasteiger partial charge < -0.3 is 10.4 Å². The minimum absolute atomic E-state index is 0.242. The quantitative estimate of drug-likeness (QED) is 0.659. The number of nitrogens with one attached hydrogen (secondary N) is 1. The highest BCUT2D eigenvalue weighted by atomic mass is 19.4. The van der Waals surface area contributed by atoms with E-state index in [1.165, 1.54) is 18.2 Å². The Morgan fingerprint density at radius 3 is 2.50 bits per heavy atom. The number of non-ortho nitro benzene ring substituents is 1. The van der Waals surface area contributed by atoms with Crippen LogP contribution in [0.15, 0.2) is 42.5 Å². The summed E-state index contributed by atoms with van der Waals surface area (Å²) in [6.45, 7) is -0.279. The molecule has 0 aliphatic heterocycles. The first-order valence-electron chi connectivity index (χ1n) is 6.58. The summed E-state index contributed by atoms with van der Waals surface area (Å²) in [5.41, 5.74) is -1.88. The molecule has 0 aliphatic carbocycles. The fourth-order valence-corrected chi connectivity index (χ4v) is 1.96. The lowest BCUT2D eigenvalue weighted by molar-refractivity contribution is -0.385. The lowest BCUT2D eigenvalue weighted by Crippen LogP contribution is -2.15. The average Bonchev–Trinajstić information content (AvgIpc) is 2.53. The Morgan fingerprint density at radius 2 is 1.92 bits per heavy atom. The lowest BCUT2D eigenvalue weighted by atomic mass is 10.1. The van der Waals surface area contributed by atoms with Crippen LogP contribution in [0.1, 0.15) is 21.5 Å². The molecule has 0 saturated carbocycles. The molecule has 0 bridgehead atoms. The molecule has 1 amide bonds. The Balaban J connectivity index is 2.37. The van der Waals surface area contributed by atoms with Crippen molar-refractivity contribution in [3.05, 3.63) is 69.3 Å². The third-order valence-electron chi connectivity index (χ3n) is 3.09. The van der Waals surface area contributed by atoms with E-state index in [1.54, 1.807) is 6.07 Å². The van der Waals surface area contributed by atoms with Crippen molar-refractivity contribution >= 4 is 17.3 Å². The summed E-state index contributed by atoms with van der Waals surface area (Å²) >= 11 is 0. The van der Waals surface area contributed by atoms with Crippen LogP contribution in [0.2, 0.25) is 0 Å². The Kier molecular flexibility index (Phi) is 4.84. The van der Waals surface area contributed by atoms with Crippen LogP contribution in [-0.2, 0) is 12.8 Å². The molecule has 9 heteroatoms. The summed E-state index contributed by atoms with van der Waals surface area (Å²) in [6.07, 6.45) is -4.82. The fraction of sp³-hybridized carbons (Fsp3) is 0.133. The molecule has 24 heavy (non-hydrogen) atoms. The van der Waals surface area contributed by atoms with E-state index < -0.39 is 33.8 Å². The van der Waals surface area contributed by atoms with Crippen molar-refractivity contribution < 1.29 is 28.0 Å². The van der Waals surface area contributed by atoms with Crippen LogP contribution in [0.4, 0.5) is 24.5 Å². The molecule has 0 heterocycles. The number of halogens is 3. The van der Waals surface area contributed by atoms with Gasteiger partial charge >= 0.3 is 6.18 Å². The van der Waals surface area contributed by atoms with E-state index in [-0.39, 0.29) is 12.3 Å². The van der Waals surface area contributed by atoms with E-state index in [4.69, 9.17) is 5.11 Å². The van der Waals surface area contributed by atoms with Gasteiger partial charge in [0.25, 0.3) is 11.6 Å². The number of nitro groups is 1. The Bertz CT molecular complexity index is 791. The number of amides is 1. The highest BCUT2D eigenvalue weighted by Crippen LogP contribution is 2.32. The van der Waals surface area contributed by atoms with Crippen LogP contribution >= 0.6 is 0 Å². The maximum atomic E-state index is 12.8. The molecule has 0 aliphatic rings. The molecule has 6 nitrogen and oxygen atoms in total. The summed E-state index contributed by atoms with van der Waals surface area (Å²) in [6, 6.07) is 7.70.